The molecule has 3 aromatic carbocycles. The van der Waals surface area contributed by atoms with Crippen LogP contribution in [0.1, 0.15) is 38.7 Å². The van der Waals surface area contributed by atoms with Crippen LogP contribution < -0.4 is 0 Å². The second kappa shape index (κ2) is 8.51. The summed E-state index contributed by atoms with van der Waals surface area (Å²) in [5.41, 5.74) is 3.06. The van der Waals surface area contributed by atoms with Crippen molar-refractivity contribution in [3.05, 3.63) is 84.5 Å². The molecule has 0 spiro atoms. The number of allylic oxidation sites excluding steroid dienone is 3. The molecule has 2 heterocycles. The Morgan fingerprint density at radius 2 is 1.72 bits per heavy atom. The molecule has 0 saturated carbocycles. The highest BCUT2D eigenvalue weighted by molar-refractivity contribution is 8.05. The Labute approximate surface area is 197 Å². The fraction of sp³-hybridized carbons (Fsp3) is 0.214. The molecule has 1 aromatic heterocycles. The number of aromatic amines is 1. The topological polar surface area (TPSA) is 36.0 Å². The van der Waals surface area contributed by atoms with Gasteiger partial charge in [-0.25, -0.2) is 0 Å². The quantitative estimate of drug-likeness (QED) is 0.260. The standard InChI is InChI=1S/C28H27NOS2/c1-18(9-5-4-8-16-28(2,3)30)19-12-14-22-21(17-19)20-13-15-25-27(26(20)29-22)32-24-11-7-6-10-23(24)31-25/h4-15,17-18,29-30H,16H2,1-3H3/b8-4-,9-5-. The molecular weight excluding hydrogens is 430 g/mol. The summed E-state index contributed by atoms with van der Waals surface area (Å²) in [5.74, 6) is 0.311. The summed E-state index contributed by atoms with van der Waals surface area (Å²) in [6, 6.07) is 19.9. The van der Waals surface area contributed by atoms with E-state index in [9.17, 15) is 5.11 Å². The summed E-state index contributed by atoms with van der Waals surface area (Å²) in [4.78, 5) is 9.00. The average molecular weight is 458 g/mol. The van der Waals surface area contributed by atoms with Gasteiger partial charge in [0, 0.05) is 31.0 Å². The van der Waals surface area contributed by atoms with Crippen LogP contribution in [0.15, 0.2) is 98.5 Å². The summed E-state index contributed by atoms with van der Waals surface area (Å²) in [7, 11) is 0. The van der Waals surface area contributed by atoms with Gasteiger partial charge in [0.05, 0.1) is 16.0 Å². The zero-order valence-electron chi connectivity index (χ0n) is 18.6. The molecule has 162 valence electrons. The third-order valence-corrected chi connectivity index (χ3v) is 8.38. The van der Waals surface area contributed by atoms with Crippen LogP contribution in [0.25, 0.3) is 21.8 Å². The number of benzene rings is 3. The van der Waals surface area contributed by atoms with Crippen molar-refractivity contribution in [3.8, 4) is 0 Å². The van der Waals surface area contributed by atoms with E-state index in [0.717, 1.165) is 0 Å². The van der Waals surface area contributed by atoms with Crippen molar-refractivity contribution in [2.24, 2.45) is 0 Å². The molecular formula is C28H27NOS2. The second-order valence-corrected chi connectivity index (χ2v) is 11.2. The first-order valence-electron chi connectivity index (χ1n) is 11.0. The maximum Gasteiger partial charge on any atom is 0.0626 e. The van der Waals surface area contributed by atoms with E-state index in [1.165, 1.54) is 47.0 Å². The van der Waals surface area contributed by atoms with Crippen LogP contribution in [0.3, 0.4) is 0 Å². The minimum absolute atomic E-state index is 0.311. The molecule has 4 aromatic rings. The lowest BCUT2D eigenvalue weighted by Crippen LogP contribution is -2.16. The molecule has 2 nitrogen and oxygen atoms in total. The van der Waals surface area contributed by atoms with Crippen LogP contribution in [0.4, 0.5) is 0 Å². The number of hydrogen-bond donors (Lipinski definition) is 2. The molecule has 0 fully saturated rings. The largest absolute Gasteiger partial charge is 0.390 e. The molecule has 1 aliphatic rings. The maximum atomic E-state index is 9.81. The van der Waals surface area contributed by atoms with E-state index < -0.39 is 5.60 Å². The highest BCUT2D eigenvalue weighted by atomic mass is 32.2. The molecule has 5 rings (SSSR count). The summed E-state index contributed by atoms with van der Waals surface area (Å²) < 4.78 is 0. The monoisotopic (exact) mass is 457 g/mol. The Balaban J connectivity index is 1.45. The van der Waals surface area contributed by atoms with Gasteiger partial charge in [0.2, 0.25) is 0 Å². The van der Waals surface area contributed by atoms with Crippen molar-refractivity contribution in [1.82, 2.24) is 4.98 Å². The van der Waals surface area contributed by atoms with Gasteiger partial charge in [-0.1, -0.05) is 79.0 Å². The lowest BCUT2D eigenvalue weighted by Gasteiger charge is -2.18. The molecule has 2 N–H and O–H groups in total. The van der Waals surface area contributed by atoms with Crippen LogP contribution in [-0.4, -0.2) is 15.7 Å². The van der Waals surface area contributed by atoms with E-state index in [0.29, 0.717) is 12.3 Å². The summed E-state index contributed by atoms with van der Waals surface area (Å²) in [6.07, 6.45) is 8.98. The predicted molar refractivity (Wildman–Crippen MR) is 138 cm³/mol. The zero-order valence-corrected chi connectivity index (χ0v) is 20.2. The molecule has 1 aliphatic heterocycles. The van der Waals surface area contributed by atoms with Crippen molar-refractivity contribution in [2.75, 3.05) is 0 Å². The van der Waals surface area contributed by atoms with Gasteiger partial charge < -0.3 is 10.1 Å². The minimum atomic E-state index is -0.658. The van der Waals surface area contributed by atoms with Crippen LogP contribution >= 0.6 is 23.5 Å². The second-order valence-electron chi connectivity index (χ2n) is 9.01. The van der Waals surface area contributed by atoms with Crippen LogP contribution in [-0.2, 0) is 0 Å². The number of rotatable bonds is 5. The molecule has 0 saturated heterocycles. The highest BCUT2D eigenvalue weighted by Gasteiger charge is 2.21. The van der Waals surface area contributed by atoms with E-state index in [1.807, 2.05) is 49.5 Å². The van der Waals surface area contributed by atoms with Crippen molar-refractivity contribution in [2.45, 2.75) is 58.3 Å². The van der Waals surface area contributed by atoms with Crippen LogP contribution in [0.5, 0.6) is 0 Å². The van der Waals surface area contributed by atoms with Gasteiger partial charge in [0.1, 0.15) is 0 Å². The fourth-order valence-corrected chi connectivity index (χ4v) is 6.38. The van der Waals surface area contributed by atoms with Gasteiger partial charge in [-0.3, -0.25) is 0 Å². The Morgan fingerprint density at radius 3 is 2.50 bits per heavy atom. The van der Waals surface area contributed by atoms with Crippen LogP contribution in [0.2, 0.25) is 0 Å². The highest BCUT2D eigenvalue weighted by Crippen LogP contribution is 2.51. The Bertz CT molecular complexity index is 1360. The molecule has 0 bridgehead atoms. The smallest absolute Gasteiger partial charge is 0.0626 e. The summed E-state index contributed by atoms with van der Waals surface area (Å²) >= 11 is 3.72. The molecule has 0 amide bonds. The first kappa shape index (κ1) is 21.4. The number of aromatic nitrogens is 1. The third-order valence-electron chi connectivity index (χ3n) is 5.79. The van der Waals surface area contributed by atoms with Crippen molar-refractivity contribution in [1.29, 1.82) is 0 Å². The molecule has 0 aliphatic carbocycles. The van der Waals surface area contributed by atoms with Gasteiger partial charge in [0.25, 0.3) is 0 Å². The number of H-pyrrole nitrogens is 1. The lowest BCUT2D eigenvalue weighted by molar-refractivity contribution is 0.0839. The normalized spacial score (nSPS) is 15.0. The maximum absolute atomic E-state index is 9.81. The SMILES string of the molecule is CC(/C=C\C=C/CC(C)(C)O)c1ccc2[nH]c3c4c(ccc3c2c1)Sc1ccccc1S4. The van der Waals surface area contributed by atoms with Gasteiger partial charge in [-0.05, 0) is 62.1 Å². The molecule has 1 atom stereocenters. The first-order valence-corrected chi connectivity index (χ1v) is 12.6. The van der Waals surface area contributed by atoms with Gasteiger partial charge in [-0.2, -0.15) is 0 Å². The Hall–Kier alpha value is -2.40. The average Bonchev–Trinajstić information content (AvgIpc) is 3.15. The van der Waals surface area contributed by atoms with Crippen molar-refractivity contribution in [3.63, 3.8) is 0 Å². The first-order chi connectivity index (χ1) is 15.4. The molecule has 32 heavy (non-hydrogen) atoms. The molecule has 4 heteroatoms. The third kappa shape index (κ3) is 4.27. The Morgan fingerprint density at radius 1 is 0.938 bits per heavy atom. The van der Waals surface area contributed by atoms with Gasteiger partial charge in [-0.15, -0.1) is 0 Å². The van der Waals surface area contributed by atoms with Crippen molar-refractivity contribution < 1.29 is 5.11 Å². The van der Waals surface area contributed by atoms with Crippen molar-refractivity contribution >= 4 is 45.3 Å². The number of nitrogens with one attached hydrogen (secondary N) is 1. The molecule has 1 unspecified atom stereocenters. The van der Waals surface area contributed by atoms with Crippen LogP contribution in [0, 0.1) is 0 Å². The van der Waals surface area contributed by atoms with E-state index in [-0.39, 0.29) is 0 Å². The minimum Gasteiger partial charge on any atom is -0.390 e. The zero-order chi connectivity index (χ0) is 22.3. The van der Waals surface area contributed by atoms with E-state index in [1.54, 1.807) is 0 Å². The number of fused-ring (bicyclic) bond motifs is 6. The van der Waals surface area contributed by atoms with Gasteiger partial charge >= 0.3 is 0 Å². The van der Waals surface area contributed by atoms with Gasteiger partial charge in [0.15, 0.2) is 0 Å². The fourth-order valence-electron chi connectivity index (χ4n) is 4.03. The number of aliphatic hydroxyl groups is 1. The summed E-state index contributed by atoms with van der Waals surface area (Å²) in [6.45, 7) is 5.88. The summed E-state index contributed by atoms with van der Waals surface area (Å²) in [5, 5.41) is 12.4. The molecule has 0 radical (unpaired) electrons. The van der Waals surface area contributed by atoms with E-state index in [2.05, 4.69) is 78.7 Å². The van der Waals surface area contributed by atoms with E-state index >= 15 is 0 Å². The number of hydrogen-bond acceptors (Lipinski definition) is 3. The lowest BCUT2D eigenvalue weighted by atomic mass is 9.98. The van der Waals surface area contributed by atoms with E-state index in [4.69, 9.17) is 0 Å². The Kier molecular flexibility index (Phi) is 5.70. The predicted octanol–water partition coefficient (Wildman–Crippen LogP) is 8.31.